The first-order valence-corrected chi connectivity index (χ1v) is 4.76. The zero-order chi connectivity index (χ0) is 8.77. The van der Waals surface area contributed by atoms with E-state index in [4.69, 9.17) is 0 Å². The lowest BCUT2D eigenvalue weighted by atomic mass is 9.82. The highest BCUT2D eigenvalue weighted by atomic mass is 16.3. The van der Waals surface area contributed by atoms with E-state index in [-0.39, 0.29) is 5.41 Å². The van der Waals surface area contributed by atoms with E-state index in [1.54, 1.807) is 0 Å². The molecule has 0 aliphatic carbocycles. The molecule has 0 aromatic carbocycles. The van der Waals surface area contributed by atoms with Crippen LogP contribution in [0.2, 0.25) is 0 Å². The second kappa shape index (κ2) is 2.69. The van der Waals surface area contributed by atoms with Crippen LogP contribution in [0.15, 0.2) is 0 Å². The van der Waals surface area contributed by atoms with Crippen LogP contribution in [-0.2, 0) is 0 Å². The summed E-state index contributed by atoms with van der Waals surface area (Å²) in [6, 6.07) is 0. The van der Waals surface area contributed by atoms with Crippen LogP contribution in [0.25, 0.3) is 0 Å². The van der Waals surface area contributed by atoms with Crippen LogP contribution in [0, 0.1) is 11.3 Å². The van der Waals surface area contributed by atoms with Gasteiger partial charge in [-0.05, 0) is 5.92 Å². The van der Waals surface area contributed by atoms with Crippen molar-refractivity contribution in [1.82, 2.24) is 10.0 Å². The third kappa shape index (κ3) is 1.26. The summed E-state index contributed by atoms with van der Waals surface area (Å²) in [7, 11) is 0. The van der Waals surface area contributed by atoms with Crippen molar-refractivity contribution in [3.05, 3.63) is 0 Å². The lowest BCUT2D eigenvalue weighted by molar-refractivity contribution is 0.0793. The molecule has 0 saturated carbocycles. The first-order chi connectivity index (χ1) is 5.65. The van der Waals surface area contributed by atoms with Gasteiger partial charge < -0.3 is 5.11 Å². The molecule has 0 bridgehead atoms. The lowest BCUT2D eigenvalue weighted by Crippen LogP contribution is -2.32. The summed E-state index contributed by atoms with van der Waals surface area (Å²) >= 11 is 0. The van der Waals surface area contributed by atoms with E-state index in [0.717, 1.165) is 13.1 Å². The molecule has 0 spiro atoms. The number of aliphatic hydroxyl groups excluding tert-OH is 1. The largest absolute Gasteiger partial charge is 0.396 e. The summed E-state index contributed by atoms with van der Waals surface area (Å²) in [5.41, 5.74) is 0.128. The van der Waals surface area contributed by atoms with Gasteiger partial charge in [0.1, 0.15) is 0 Å². The van der Waals surface area contributed by atoms with Crippen molar-refractivity contribution < 1.29 is 5.11 Å². The molecule has 3 nitrogen and oxygen atoms in total. The molecular formula is C9H18N2O. The van der Waals surface area contributed by atoms with Gasteiger partial charge in [0.15, 0.2) is 0 Å². The highest BCUT2D eigenvalue weighted by molar-refractivity contribution is 4.92. The Hall–Kier alpha value is -0.120. The zero-order valence-corrected chi connectivity index (χ0v) is 7.95. The van der Waals surface area contributed by atoms with Gasteiger partial charge in [-0.2, -0.15) is 0 Å². The molecule has 0 aromatic heterocycles. The molecule has 0 unspecified atom stereocenters. The van der Waals surface area contributed by atoms with Gasteiger partial charge in [0.25, 0.3) is 0 Å². The average molecular weight is 170 g/mol. The summed E-state index contributed by atoms with van der Waals surface area (Å²) in [5, 5.41) is 14.0. The molecular weight excluding hydrogens is 152 g/mol. The molecule has 12 heavy (non-hydrogen) atoms. The minimum atomic E-state index is 0.128. The highest BCUT2D eigenvalue weighted by Crippen LogP contribution is 2.36. The minimum absolute atomic E-state index is 0.128. The maximum Gasteiger partial charge on any atom is 0.0500 e. The monoisotopic (exact) mass is 170 g/mol. The fourth-order valence-corrected chi connectivity index (χ4v) is 1.92. The first-order valence-electron chi connectivity index (χ1n) is 4.76. The number of nitrogens with zero attached hydrogens (tertiary/aromatic N) is 2. The summed E-state index contributed by atoms with van der Waals surface area (Å²) in [6.07, 6.45) is 0. The fraction of sp³-hybridized carbons (Fsp3) is 1.00. The Bertz CT molecular complexity index is 181. The van der Waals surface area contributed by atoms with Crippen LogP contribution >= 0.6 is 0 Å². The van der Waals surface area contributed by atoms with Crippen molar-refractivity contribution in [2.45, 2.75) is 13.8 Å². The Morgan fingerprint density at radius 3 is 2.50 bits per heavy atom. The minimum Gasteiger partial charge on any atom is -0.396 e. The topological polar surface area (TPSA) is 26.5 Å². The maximum absolute atomic E-state index is 9.27. The normalized spacial score (nSPS) is 43.8. The van der Waals surface area contributed by atoms with E-state index in [0.29, 0.717) is 12.5 Å². The van der Waals surface area contributed by atoms with E-state index in [2.05, 4.69) is 23.9 Å². The summed E-state index contributed by atoms with van der Waals surface area (Å²) in [5.74, 6) is 0.614. The Labute approximate surface area is 73.9 Å². The predicted molar refractivity (Wildman–Crippen MR) is 47.5 cm³/mol. The van der Waals surface area contributed by atoms with E-state index in [1.165, 1.54) is 13.1 Å². The Kier molecular flexibility index (Phi) is 1.90. The molecule has 2 heterocycles. The number of aliphatic hydroxyl groups is 1. The molecule has 70 valence electrons. The molecule has 3 heteroatoms. The predicted octanol–water partition coefficient (Wildman–Crippen LogP) is 0.167. The Morgan fingerprint density at radius 1 is 1.42 bits per heavy atom. The van der Waals surface area contributed by atoms with Gasteiger partial charge in [0.2, 0.25) is 0 Å². The van der Waals surface area contributed by atoms with Crippen molar-refractivity contribution in [1.29, 1.82) is 0 Å². The van der Waals surface area contributed by atoms with Crippen LogP contribution in [0.1, 0.15) is 13.8 Å². The Morgan fingerprint density at radius 2 is 2.08 bits per heavy atom. The molecule has 2 atom stereocenters. The van der Waals surface area contributed by atoms with E-state index >= 15 is 0 Å². The molecule has 0 aromatic rings. The molecule has 0 amide bonds. The van der Waals surface area contributed by atoms with Gasteiger partial charge in [0.05, 0.1) is 6.61 Å². The molecule has 2 saturated heterocycles. The van der Waals surface area contributed by atoms with E-state index in [1.807, 2.05) is 0 Å². The van der Waals surface area contributed by atoms with E-state index < -0.39 is 0 Å². The summed E-state index contributed by atoms with van der Waals surface area (Å²) < 4.78 is 0. The van der Waals surface area contributed by atoms with Crippen LogP contribution in [0.3, 0.4) is 0 Å². The molecule has 2 aliphatic heterocycles. The number of hydrogen-bond acceptors (Lipinski definition) is 3. The van der Waals surface area contributed by atoms with Gasteiger partial charge in [-0.1, -0.05) is 13.8 Å². The van der Waals surface area contributed by atoms with Crippen molar-refractivity contribution >= 4 is 0 Å². The third-order valence-corrected chi connectivity index (χ3v) is 3.40. The van der Waals surface area contributed by atoms with E-state index in [9.17, 15) is 5.11 Å². The van der Waals surface area contributed by atoms with Crippen LogP contribution in [-0.4, -0.2) is 47.9 Å². The van der Waals surface area contributed by atoms with Crippen molar-refractivity contribution in [2.24, 2.45) is 11.3 Å². The quantitative estimate of drug-likeness (QED) is 0.598. The number of hydrogen-bond donors (Lipinski definition) is 1. The number of rotatable bonds is 2. The molecule has 1 N–H and O–H groups in total. The zero-order valence-electron chi connectivity index (χ0n) is 7.95. The summed E-state index contributed by atoms with van der Waals surface area (Å²) in [4.78, 5) is 0. The van der Waals surface area contributed by atoms with Crippen molar-refractivity contribution in [3.8, 4) is 0 Å². The fourth-order valence-electron chi connectivity index (χ4n) is 1.92. The lowest BCUT2D eigenvalue weighted by Gasteiger charge is -2.25. The standard InChI is InChI=1S/C9H18N2O/c1-8-5-11(10-3-4-10)6-9(8,2)7-12/h8,12H,3-7H2,1-2H3/t8-,9-/m0/s1. The van der Waals surface area contributed by atoms with Gasteiger partial charge in [0, 0.05) is 31.6 Å². The molecule has 2 aliphatic rings. The second-order valence-electron chi connectivity index (χ2n) is 4.51. The average Bonchev–Trinajstić information content (AvgIpc) is 2.82. The van der Waals surface area contributed by atoms with Crippen LogP contribution in [0.5, 0.6) is 0 Å². The first kappa shape index (κ1) is 8.48. The van der Waals surface area contributed by atoms with Gasteiger partial charge in [-0.3, -0.25) is 0 Å². The third-order valence-electron chi connectivity index (χ3n) is 3.40. The summed E-state index contributed by atoms with van der Waals surface area (Å²) in [6.45, 7) is 9.32. The van der Waals surface area contributed by atoms with Crippen LogP contribution in [0.4, 0.5) is 0 Å². The Balaban J connectivity index is 2.00. The van der Waals surface area contributed by atoms with Crippen molar-refractivity contribution in [2.75, 3.05) is 32.8 Å². The number of hydrazine groups is 1. The molecule has 2 fully saturated rings. The van der Waals surface area contributed by atoms with Gasteiger partial charge >= 0.3 is 0 Å². The van der Waals surface area contributed by atoms with Crippen molar-refractivity contribution in [3.63, 3.8) is 0 Å². The smallest absolute Gasteiger partial charge is 0.0500 e. The molecule has 0 radical (unpaired) electrons. The molecule has 2 rings (SSSR count). The maximum atomic E-state index is 9.27. The highest BCUT2D eigenvalue weighted by Gasteiger charge is 2.43. The second-order valence-corrected chi connectivity index (χ2v) is 4.51. The van der Waals surface area contributed by atoms with Crippen LogP contribution < -0.4 is 0 Å². The SMILES string of the molecule is C[C@H]1CN(N2CC2)C[C@@]1(C)CO. The van der Waals surface area contributed by atoms with Gasteiger partial charge in [-0.15, -0.1) is 0 Å². The van der Waals surface area contributed by atoms with Gasteiger partial charge in [-0.25, -0.2) is 10.0 Å².